The van der Waals surface area contributed by atoms with Crippen LogP contribution in [0, 0.1) is 0 Å². The summed E-state index contributed by atoms with van der Waals surface area (Å²) in [6, 6.07) is 0. The van der Waals surface area contributed by atoms with Gasteiger partial charge in [0.1, 0.15) is 6.54 Å². The molecule has 0 saturated heterocycles. The van der Waals surface area contributed by atoms with Crippen LogP contribution in [0.5, 0.6) is 0 Å². The van der Waals surface area contributed by atoms with Crippen molar-refractivity contribution in [1.82, 2.24) is 0 Å². The SMILES string of the molecule is CCCCCCCCCCCCCCCCCCCCCCCC[N+](C)(C)O. The second-order valence-corrected chi connectivity index (χ2v) is 9.77. The molecule has 0 heterocycles. The highest BCUT2D eigenvalue weighted by atomic mass is 16.5. The van der Waals surface area contributed by atoms with E-state index in [1.54, 1.807) is 0 Å². The zero-order chi connectivity index (χ0) is 20.8. The summed E-state index contributed by atoms with van der Waals surface area (Å²) in [5.41, 5.74) is 0. The number of unbranched alkanes of at least 4 members (excludes halogenated alkanes) is 21. The maximum atomic E-state index is 9.62. The van der Waals surface area contributed by atoms with Gasteiger partial charge in [0, 0.05) is 0 Å². The van der Waals surface area contributed by atoms with Crippen LogP contribution in [0.4, 0.5) is 0 Å². The molecule has 0 aliphatic heterocycles. The molecule has 0 aromatic rings. The minimum absolute atomic E-state index is 0.124. The van der Waals surface area contributed by atoms with Crippen LogP contribution in [-0.4, -0.2) is 30.5 Å². The normalized spacial score (nSPS) is 12.0. The smallest absolute Gasteiger partial charge is 0.108 e. The van der Waals surface area contributed by atoms with E-state index in [2.05, 4.69) is 6.92 Å². The summed E-state index contributed by atoms with van der Waals surface area (Å²) in [7, 11) is 3.72. The van der Waals surface area contributed by atoms with Gasteiger partial charge in [0.15, 0.2) is 0 Å². The van der Waals surface area contributed by atoms with E-state index in [0.717, 1.165) is 13.0 Å². The first-order valence-corrected chi connectivity index (χ1v) is 13.1. The molecule has 0 amide bonds. The van der Waals surface area contributed by atoms with E-state index in [1.807, 2.05) is 14.1 Å². The highest BCUT2D eigenvalue weighted by Crippen LogP contribution is 2.15. The van der Waals surface area contributed by atoms with Gasteiger partial charge in [0.25, 0.3) is 0 Å². The fourth-order valence-electron chi connectivity index (χ4n) is 4.11. The second kappa shape index (κ2) is 21.6. The third-order valence-electron chi connectivity index (χ3n) is 6.06. The summed E-state index contributed by atoms with van der Waals surface area (Å²) >= 11 is 0. The van der Waals surface area contributed by atoms with Gasteiger partial charge < -0.3 is 0 Å². The number of quaternary nitrogens is 1. The Morgan fingerprint density at radius 3 is 0.821 bits per heavy atom. The maximum Gasteiger partial charge on any atom is 0.108 e. The quantitative estimate of drug-likeness (QED) is 0.103. The third kappa shape index (κ3) is 25.9. The van der Waals surface area contributed by atoms with E-state index < -0.39 is 0 Å². The van der Waals surface area contributed by atoms with E-state index in [9.17, 15) is 5.21 Å². The fraction of sp³-hybridized carbons (Fsp3) is 1.00. The average Bonchev–Trinajstić information content (AvgIpc) is 2.65. The second-order valence-electron chi connectivity index (χ2n) is 9.77. The molecule has 0 aromatic heterocycles. The van der Waals surface area contributed by atoms with Crippen molar-refractivity contribution < 1.29 is 9.85 Å². The monoisotopic (exact) mass is 398 g/mol. The average molecular weight is 399 g/mol. The molecular weight excluding hydrogens is 342 g/mol. The molecule has 2 nitrogen and oxygen atoms in total. The number of rotatable bonds is 23. The third-order valence-corrected chi connectivity index (χ3v) is 6.06. The lowest BCUT2D eigenvalue weighted by atomic mass is 10.0. The zero-order valence-corrected chi connectivity index (χ0v) is 20.2. The molecule has 1 N–H and O–H groups in total. The lowest BCUT2D eigenvalue weighted by Crippen LogP contribution is -2.36. The Kier molecular flexibility index (Phi) is 21.6. The standard InChI is InChI=1S/C26H56NO/c1-4-5-6-7-8-9-10-11-12-13-14-15-16-17-18-19-20-21-22-23-24-25-26-27(2,3)28/h28H,4-26H2,1-3H3/q+1. The Morgan fingerprint density at radius 2 is 0.607 bits per heavy atom. The first-order valence-electron chi connectivity index (χ1n) is 13.1. The largest absolute Gasteiger partial charge is 0.217 e. The summed E-state index contributed by atoms with van der Waals surface area (Å²) in [4.78, 5) is 0. The van der Waals surface area contributed by atoms with Crippen molar-refractivity contribution in [1.29, 1.82) is 0 Å². The summed E-state index contributed by atoms with van der Waals surface area (Å²) in [6.07, 6.45) is 31.4. The topological polar surface area (TPSA) is 20.2 Å². The molecule has 0 bridgehead atoms. The summed E-state index contributed by atoms with van der Waals surface area (Å²) in [5.74, 6) is 0. The zero-order valence-electron chi connectivity index (χ0n) is 20.2. The van der Waals surface area contributed by atoms with E-state index in [4.69, 9.17) is 0 Å². The molecular formula is C26H56NO+. The molecule has 170 valence electrons. The molecule has 0 spiro atoms. The fourth-order valence-corrected chi connectivity index (χ4v) is 4.11. The molecule has 0 atom stereocenters. The number of hydroxylamine groups is 3. The predicted molar refractivity (Wildman–Crippen MR) is 126 cm³/mol. The Labute approximate surface area is 179 Å². The van der Waals surface area contributed by atoms with Crippen LogP contribution < -0.4 is 0 Å². The molecule has 0 aromatic carbocycles. The van der Waals surface area contributed by atoms with E-state index in [-0.39, 0.29) is 4.65 Å². The van der Waals surface area contributed by atoms with Crippen LogP contribution in [0.3, 0.4) is 0 Å². The van der Waals surface area contributed by atoms with E-state index in [1.165, 1.54) is 135 Å². The molecule has 0 aliphatic carbocycles. The number of hydrogen-bond donors (Lipinski definition) is 1. The highest BCUT2D eigenvalue weighted by Gasteiger charge is 2.08. The van der Waals surface area contributed by atoms with Crippen molar-refractivity contribution in [2.75, 3.05) is 20.6 Å². The van der Waals surface area contributed by atoms with Crippen LogP contribution in [0.1, 0.15) is 148 Å². The van der Waals surface area contributed by atoms with Crippen LogP contribution >= 0.6 is 0 Å². The molecule has 0 fully saturated rings. The molecule has 0 radical (unpaired) electrons. The molecule has 28 heavy (non-hydrogen) atoms. The van der Waals surface area contributed by atoms with Gasteiger partial charge >= 0.3 is 0 Å². The number of nitrogens with zero attached hydrogens (tertiary/aromatic N) is 1. The van der Waals surface area contributed by atoms with E-state index in [0.29, 0.717) is 0 Å². The van der Waals surface area contributed by atoms with Gasteiger partial charge in [-0.1, -0.05) is 135 Å². The van der Waals surface area contributed by atoms with Crippen LogP contribution in [0.25, 0.3) is 0 Å². The summed E-state index contributed by atoms with van der Waals surface area (Å²) in [6.45, 7) is 3.18. The first-order chi connectivity index (χ1) is 13.6. The Balaban J connectivity index is 3.01. The lowest BCUT2D eigenvalue weighted by molar-refractivity contribution is -1.07. The highest BCUT2D eigenvalue weighted by molar-refractivity contribution is 4.51. The number of hydrogen-bond acceptors (Lipinski definition) is 1. The molecule has 2 heteroatoms. The minimum atomic E-state index is 0.124. The minimum Gasteiger partial charge on any atom is -0.217 e. The van der Waals surface area contributed by atoms with Gasteiger partial charge in [-0.3, -0.25) is 0 Å². The molecule has 0 saturated carbocycles. The van der Waals surface area contributed by atoms with Crippen LogP contribution in [0.15, 0.2) is 0 Å². The van der Waals surface area contributed by atoms with Gasteiger partial charge in [-0.15, -0.1) is 0 Å². The Bertz CT molecular complexity index is 285. The predicted octanol–water partition coefficient (Wildman–Crippen LogP) is 9.05. The molecule has 0 aliphatic rings. The maximum absolute atomic E-state index is 9.62. The van der Waals surface area contributed by atoms with Crippen molar-refractivity contribution in [2.24, 2.45) is 0 Å². The Hall–Kier alpha value is -0.0800. The molecule has 0 rings (SSSR count). The van der Waals surface area contributed by atoms with Gasteiger partial charge in [0.2, 0.25) is 0 Å². The van der Waals surface area contributed by atoms with Gasteiger partial charge in [-0.05, 0) is 12.8 Å². The van der Waals surface area contributed by atoms with Crippen LogP contribution in [-0.2, 0) is 0 Å². The van der Waals surface area contributed by atoms with Crippen molar-refractivity contribution in [2.45, 2.75) is 148 Å². The van der Waals surface area contributed by atoms with E-state index >= 15 is 0 Å². The first kappa shape index (κ1) is 27.9. The van der Waals surface area contributed by atoms with Crippen molar-refractivity contribution in [3.05, 3.63) is 0 Å². The van der Waals surface area contributed by atoms with Crippen molar-refractivity contribution in [3.63, 3.8) is 0 Å². The van der Waals surface area contributed by atoms with Crippen molar-refractivity contribution >= 4 is 0 Å². The Morgan fingerprint density at radius 1 is 0.393 bits per heavy atom. The summed E-state index contributed by atoms with van der Waals surface area (Å²) in [5, 5.41) is 9.62. The van der Waals surface area contributed by atoms with Gasteiger partial charge in [0.05, 0.1) is 14.1 Å². The summed E-state index contributed by atoms with van der Waals surface area (Å²) < 4.78 is 0.124. The van der Waals surface area contributed by atoms with Crippen LogP contribution in [0.2, 0.25) is 0 Å². The molecule has 0 unspecified atom stereocenters. The lowest BCUT2D eigenvalue weighted by Gasteiger charge is -2.18. The van der Waals surface area contributed by atoms with Crippen molar-refractivity contribution in [3.8, 4) is 0 Å². The van der Waals surface area contributed by atoms with Gasteiger partial charge in [-0.25, -0.2) is 5.21 Å². The van der Waals surface area contributed by atoms with Gasteiger partial charge in [-0.2, -0.15) is 4.65 Å².